The van der Waals surface area contributed by atoms with Gasteiger partial charge in [0.15, 0.2) is 5.11 Å². The van der Waals surface area contributed by atoms with E-state index in [1.54, 1.807) is 6.07 Å². The molecule has 2 nitrogen and oxygen atoms in total. The van der Waals surface area contributed by atoms with E-state index in [0.717, 1.165) is 37.2 Å². The topological polar surface area (TPSA) is 15.3 Å². The zero-order chi connectivity index (χ0) is 17.3. The molecule has 0 bridgehead atoms. The molecule has 1 N–H and O–H groups in total. The fourth-order valence-corrected chi connectivity index (χ4v) is 3.21. The van der Waals surface area contributed by atoms with Gasteiger partial charge >= 0.3 is 6.18 Å². The van der Waals surface area contributed by atoms with Crippen LogP contribution in [0.4, 0.5) is 24.5 Å². The van der Waals surface area contributed by atoms with Crippen LogP contribution in [0, 0.1) is 6.92 Å². The van der Waals surface area contributed by atoms with Gasteiger partial charge in [0.05, 0.1) is 5.56 Å². The Morgan fingerprint density at radius 3 is 2.71 bits per heavy atom. The van der Waals surface area contributed by atoms with Crippen LogP contribution in [-0.2, 0) is 12.6 Å². The van der Waals surface area contributed by atoms with Crippen molar-refractivity contribution in [3.63, 3.8) is 0 Å². The second kappa shape index (κ2) is 6.43. The number of rotatable bonds is 1. The fourth-order valence-electron chi connectivity index (χ4n) is 2.90. The molecule has 126 valence electrons. The van der Waals surface area contributed by atoms with Crippen molar-refractivity contribution in [1.82, 2.24) is 0 Å². The van der Waals surface area contributed by atoms with E-state index in [9.17, 15) is 13.2 Å². The van der Waals surface area contributed by atoms with Gasteiger partial charge in [0.2, 0.25) is 0 Å². The molecule has 0 saturated heterocycles. The highest BCUT2D eigenvalue weighted by atomic mass is 32.1. The average molecular weight is 350 g/mol. The number of alkyl halides is 3. The fraction of sp³-hybridized carbons (Fsp3) is 0.278. The van der Waals surface area contributed by atoms with E-state index in [1.807, 2.05) is 24.0 Å². The third-order valence-corrected chi connectivity index (χ3v) is 4.36. The number of halogens is 3. The molecule has 0 spiro atoms. The Hall–Kier alpha value is -2.08. The summed E-state index contributed by atoms with van der Waals surface area (Å²) in [6.45, 7) is 2.79. The summed E-state index contributed by atoms with van der Waals surface area (Å²) in [7, 11) is 0. The summed E-state index contributed by atoms with van der Waals surface area (Å²) in [4.78, 5) is 1.95. The molecular formula is C18H17F3N2S. The zero-order valence-corrected chi connectivity index (χ0v) is 14.0. The molecule has 0 radical (unpaired) electrons. The molecular weight excluding hydrogens is 333 g/mol. The average Bonchev–Trinajstić information content (AvgIpc) is 2.53. The van der Waals surface area contributed by atoms with Crippen LogP contribution in [0.15, 0.2) is 42.5 Å². The molecule has 0 fully saturated rings. The zero-order valence-electron chi connectivity index (χ0n) is 13.2. The lowest BCUT2D eigenvalue weighted by Crippen LogP contribution is -2.38. The summed E-state index contributed by atoms with van der Waals surface area (Å²) in [5, 5.41) is 3.35. The first-order valence-electron chi connectivity index (χ1n) is 7.70. The van der Waals surface area contributed by atoms with Crippen LogP contribution in [0.5, 0.6) is 0 Å². The summed E-state index contributed by atoms with van der Waals surface area (Å²) in [5.41, 5.74) is 3.08. The quantitative estimate of drug-likeness (QED) is 0.715. The van der Waals surface area contributed by atoms with E-state index in [0.29, 0.717) is 10.8 Å². The minimum absolute atomic E-state index is 0.342. The highest BCUT2D eigenvalue weighted by Crippen LogP contribution is 2.32. The van der Waals surface area contributed by atoms with E-state index < -0.39 is 11.7 Å². The van der Waals surface area contributed by atoms with E-state index in [4.69, 9.17) is 12.2 Å². The monoisotopic (exact) mass is 350 g/mol. The van der Waals surface area contributed by atoms with Gasteiger partial charge in [-0.15, -0.1) is 0 Å². The number of hydrogen-bond donors (Lipinski definition) is 1. The molecule has 0 atom stereocenters. The summed E-state index contributed by atoms with van der Waals surface area (Å²) in [6.07, 6.45) is -2.42. The third-order valence-electron chi connectivity index (χ3n) is 4.04. The second-order valence-corrected chi connectivity index (χ2v) is 6.28. The maximum absolute atomic E-state index is 12.8. The summed E-state index contributed by atoms with van der Waals surface area (Å²) in [5.74, 6) is 0. The first-order chi connectivity index (χ1) is 11.3. The number of nitrogens with one attached hydrogen (secondary N) is 1. The standard InChI is InChI=1S/C18H17F3N2S/c1-12-7-8-16-13(10-12)4-3-9-23(16)17(24)22-15-6-2-5-14(11-15)18(19,20)21/h2,5-8,10-11H,3-4,9H2,1H3,(H,22,24). The van der Waals surface area contributed by atoms with Gasteiger partial charge < -0.3 is 10.2 Å². The lowest BCUT2D eigenvalue weighted by atomic mass is 10.00. The van der Waals surface area contributed by atoms with Gasteiger partial charge in [0, 0.05) is 17.9 Å². The van der Waals surface area contributed by atoms with E-state index in [2.05, 4.69) is 11.4 Å². The van der Waals surface area contributed by atoms with Gasteiger partial charge in [-0.25, -0.2) is 0 Å². The van der Waals surface area contributed by atoms with Crippen molar-refractivity contribution in [1.29, 1.82) is 0 Å². The first-order valence-corrected chi connectivity index (χ1v) is 8.11. The SMILES string of the molecule is Cc1ccc2c(c1)CCCN2C(=S)Nc1cccc(C(F)(F)F)c1. The van der Waals surface area contributed by atoms with Crippen LogP contribution in [-0.4, -0.2) is 11.7 Å². The van der Waals surface area contributed by atoms with Gasteiger partial charge in [0.25, 0.3) is 0 Å². The minimum atomic E-state index is -4.37. The maximum atomic E-state index is 12.8. The van der Waals surface area contributed by atoms with Crippen LogP contribution >= 0.6 is 12.2 Å². The lowest BCUT2D eigenvalue weighted by molar-refractivity contribution is -0.137. The molecule has 1 aliphatic heterocycles. The Morgan fingerprint density at radius 1 is 1.17 bits per heavy atom. The van der Waals surface area contributed by atoms with Crippen molar-refractivity contribution in [2.24, 2.45) is 0 Å². The van der Waals surface area contributed by atoms with Crippen LogP contribution in [0.3, 0.4) is 0 Å². The van der Waals surface area contributed by atoms with Crippen LogP contribution in [0.25, 0.3) is 0 Å². The van der Waals surface area contributed by atoms with Crippen molar-refractivity contribution in [3.05, 3.63) is 59.2 Å². The smallest absolute Gasteiger partial charge is 0.332 e. The number of nitrogens with zero attached hydrogens (tertiary/aromatic N) is 1. The number of benzene rings is 2. The Labute approximate surface area is 144 Å². The van der Waals surface area contributed by atoms with Gasteiger partial charge in [-0.3, -0.25) is 0 Å². The van der Waals surface area contributed by atoms with Crippen molar-refractivity contribution in [2.45, 2.75) is 25.9 Å². The lowest BCUT2D eigenvalue weighted by Gasteiger charge is -2.32. The molecule has 0 saturated carbocycles. The van der Waals surface area contributed by atoms with Gasteiger partial charge in [-0.2, -0.15) is 13.2 Å². The molecule has 1 heterocycles. The predicted octanol–water partition coefficient (Wildman–Crippen LogP) is 5.16. The van der Waals surface area contributed by atoms with Crippen LogP contribution in [0.2, 0.25) is 0 Å². The van der Waals surface area contributed by atoms with Crippen LogP contribution < -0.4 is 10.2 Å². The molecule has 6 heteroatoms. The molecule has 3 rings (SSSR count). The normalized spacial score (nSPS) is 14.2. The van der Waals surface area contributed by atoms with E-state index >= 15 is 0 Å². The third kappa shape index (κ3) is 3.53. The van der Waals surface area contributed by atoms with Crippen molar-refractivity contribution >= 4 is 28.7 Å². The highest BCUT2D eigenvalue weighted by molar-refractivity contribution is 7.80. The van der Waals surface area contributed by atoms with E-state index in [1.165, 1.54) is 17.2 Å². The Balaban J connectivity index is 1.82. The molecule has 2 aromatic carbocycles. The van der Waals surface area contributed by atoms with Crippen LogP contribution in [0.1, 0.15) is 23.1 Å². The predicted molar refractivity (Wildman–Crippen MR) is 94.5 cm³/mol. The molecule has 0 amide bonds. The van der Waals surface area contributed by atoms with Gasteiger partial charge in [-0.1, -0.05) is 23.8 Å². The van der Waals surface area contributed by atoms with Gasteiger partial charge in [0.1, 0.15) is 0 Å². The Morgan fingerprint density at radius 2 is 1.96 bits per heavy atom. The second-order valence-electron chi connectivity index (χ2n) is 5.90. The summed E-state index contributed by atoms with van der Waals surface area (Å²) < 4.78 is 38.5. The Kier molecular flexibility index (Phi) is 4.49. The summed E-state index contributed by atoms with van der Waals surface area (Å²) in [6, 6.07) is 11.3. The summed E-state index contributed by atoms with van der Waals surface area (Å²) >= 11 is 5.44. The van der Waals surface area contributed by atoms with E-state index in [-0.39, 0.29) is 0 Å². The van der Waals surface area contributed by atoms with Crippen molar-refractivity contribution in [2.75, 3.05) is 16.8 Å². The first kappa shape index (κ1) is 16.8. The Bertz CT molecular complexity index is 771. The molecule has 0 aliphatic carbocycles. The number of fused-ring (bicyclic) bond motifs is 1. The molecule has 0 aromatic heterocycles. The molecule has 2 aromatic rings. The molecule has 24 heavy (non-hydrogen) atoms. The maximum Gasteiger partial charge on any atom is 0.416 e. The van der Waals surface area contributed by atoms with Crippen molar-refractivity contribution in [3.8, 4) is 0 Å². The molecule has 1 aliphatic rings. The minimum Gasteiger partial charge on any atom is -0.332 e. The number of anilines is 2. The number of aryl methyl sites for hydroxylation is 2. The largest absolute Gasteiger partial charge is 0.416 e. The highest BCUT2D eigenvalue weighted by Gasteiger charge is 2.30. The van der Waals surface area contributed by atoms with Crippen molar-refractivity contribution < 1.29 is 13.2 Å². The van der Waals surface area contributed by atoms with Gasteiger partial charge in [-0.05, 0) is 61.8 Å². The number of thiocarbonyl (C=S) groups is 1. The number of hydrogen-bond acceptors (Lipinski definition) is 1. The molecule has 0 unspecified atom stereocenters.